The Morgan fingerprint density at radius 2 is 0.959 bits per heavy atom. The minimum atomic E-state index is 0.715. The lowest BCUT2D eigenvalue weighted by atomic mass is 9.89. The van der Waals surface area contributed by atoms with Crippen molar-refractivity contribution in [3.05, 3.63) is 170 Å². The topological polar surface area (TPSA) is 25.8 Å². The molecule has 0 N–H and O–H groups in total. The van der Waals surface area contributed by atoms with Crippen molar-refractivity contribution in [1.82, 2.24) is 9.97 Å². The molecule has 10 rings (SSSR count). The maximum Gasteiger partial charge on any atom is 0.160 e. The largest absolute Gasteiger partial charge is 0.228 e. The number of hydrogen-bond acceptors (Lipinski definition) is 3. The van der Waals surface area contributed by atoms with E-state index in [1.807, 2.05) is 17.4 Å². The van der Waals surface area contributed by atoms with Crippen LogP contribution in [0.2, 0.25) is 0 Å². The fraction of sp³-hybridized carbons (Fsp3) is 0. The fourth-order valence-corrected chi connectivity index (χ4v) is 8.37. The maximum atomic E-state index is 5.20. The normalized spacial score (nSPS) is 11.7. The third-order valence-electron chi connectivity index (χ3n) is 9.67. The van der Waals surface area contributed by atoms with Crippen molar-refractivity contribution in [1.29, 1.82) is 0 Å². The first-order valence-corrected chi connectivity index (χ1v) is 17.4. The minimum absolute atomic E-state index is 0.715. The van der Waals surface area contributed by atoms with Gasteiger partial charge in [0, 0.05) is 36.9 Å². The van der Waals surface area contributed by atoms with Gasteiger partial charge >= 0.3 is 0 Å². The summed E-state index contributed by atoms with van der Waals surface area (Å²) in [6.07, 6.45) is 0. The molecule has 8 aromatic carbocycles. The van der Waals surface area contributed by atoms with Gasteiger partial charge in [0.25, 0.3) is 0 Å². The summed E-state index contributed by atoms with van der Waals surface area (Å²) in [5.74, 6) is 0.715. The summed E-state index contributed by atoms with van der Waals surface area (Å²) < 4.78 is 2.59. The summed E-state index contributed by atoms with van der Waals surface area (Å²) in [4.78, 5) is 10.3. The van der Waals surface area contributed by atoms with Crippen molar-refractivity contribution >= 4 is 63.8 Å². The second-order valence-electron chi connectivity index (χ2n) is 12.6. The van der Waals surface area contributed by atoms with Gasteiger partial charge in [-0.15, -0.1) is 11.3 Å². The molecule has 0 unspecified atom stereocenters. The Morgan fingerprint density at radius 1 is 0.327 bits per heavy atom. The highest BCUT2D eigenvalue weighted by Gasteiger charge is 2.15. The van der Waals surface area contributed by atoms with Crippen molar-refractivity contribution < 1.29 is 0 Å². The Kier molecular flexibility index (Phi) is 6.39. The number of rotatable bonds is 4. The summed E-state index contributed by atoms with van der Waals surface area (Å²) in [6.45, 7) is 0. The first-order valence-electron chi connectivity index (χ1n) is 16.6. The van der Waals surface area contributed by atoms with Crippen molar-refractivity contribution in [2.24, 2.45) is 0 Å². The van der Waals surface area contributed by atoms with Crippen molar-refractivity contribution in [3.8, 4) is 45.0 Å². The van der Waals surface area contributed by atoms with E-state index in [4.69, 9.17) is 9.97 Å². The maximum absolute atomic E-state index is 5.20. The molecule has 2 aromatic heterocycles. The van der Waals surface area contributed by atoms with Crippen LogP contribution in [-0.2, 0) is 0 Å². The number of nitrogens with zero attached hydrogens (tertiary/aromatic N) is 2. The monoisotopic (exact) mass is 640 g/mol. The van der Waals surface area contributed by atoms with Gasteiger partial charge in [-0.25, -0.2) is 9.97 Å². The van der Waals surface area contributed by atoms with Crippen LogP contribution in [0.4, 0.5) is 0 Å². The van der Waals surface area contributed by atoms with Gasteiger partial charge in [-0.3, -0.25) is 0 Å². The zero-order chi connectivity index (χ0) is 32.3. The van der Waals surface area contributed by atoms with Gasteiger partial charge < -0.3 is 0 Å². The third kappa shape index (κ3) is 4.70. The summed E-state index contributed by atoms with van der Waals surface area (Å²) in [5, 5.41) is 10.1. The molecule has 2 heterocycles. The van der Waals surface area contributed by atoms with Crippen LogP contribution in [0.3, 0.4) is 0 Å². The van der Waals surface area contributed by atoms with Gasteiger partial charge in [-0.05, 0) is 73.8 Å². The quantitative estimate of drug-likeness (QED) is 0.141. The molecule has 0 aliphatic heterocycles. The molecule has 0 fully saturated rings. The minimum Gasteiger partial charge on any atom is -0.228 e. The molecule has 0 saturated heterocycles. The van der Waals surface area contributed by atoms with Crippen LogP contribution in [0.5, 0.6) is 0 Å². The molecule has 0 radical (unpaired) electrons. The third-order valence-corrected chi connectivity index (χ3v) is 10.8. The van der Waals surface area contributed by atoms with Gasteiger partial charge in [0.2, 0.25) is 0 Å². The Morgan fingerprint density at radius 3 is 1.80 bits per heavy atom. The predicted molar refractivity (Wildman–Crippen MR) is 209 cm³/mol. The van der Waals surface area contributed by atoms with E-state index in [-0.39, 0.29) is 0 Å². The molecular weight excluding hydrogens is 613 g/mol. The SMILES string of the molecule is c1ccc(-c2cc(-c3ccc4sc5ccccc5c4c3)nc(-c3ccc(-c4c5ccccc5cc5c4ccc4ccccc45)cc3)n2)cc1. The lowest BCUT2D eigenvalue weighted by molar-refractivity contribution is 1.18. The van der Waals surface area contributed by atoms with Gasteiger partial charge in [0.05, 0.1) is 11.4 Å². The van der Waals surface area contributed by atoms with Crippen LogP contribution in [0.15, 0.2) is 170 Å². The summed E-state index contributed by atoms with van der Waals surface area (Å²) >= 11 is 1.83. The summed E-state index contributed by atoms with van der Waals surface area (Å²) in [7, 11) is 0. The molecule has 0 aliphatic carbocycles. The van der Waals surface area contributed by atoms with E-state index in [0.717, 1.165) is 28.1 Å². The molecule has 0 spiro atoms. The number of thiophene rings is 1. The zero-order valence-electron chi connectivity index (χ0n) is 26.5. The van der Waals surface area contributed by atoms with E-state index in [1.54, 1.807) is 0 Å². The molecule has 0 aliphatic rings. The van der Waals surface area contributed by atoms with E-state index in [1.165, 1.54) is 63.6 Å². The Labute approximate surface area is 287 Å². The predicted octanol–water partition coefficient (Wildman–Crippen LogP) is 13.0. The van der Waals surface area contributed by atoms with E-state index in [2.05, 4.69) is 164 Å². The summed E-state index contributed by atoms with van der Waals surface area (Å²) in [6, 6.07) is 60.9. The lowest BCUT2D eigenvalue weighted by Crippen LogP contribution is -1.96. The number of benzene rings is 8. The number of hydrogen-bond donors (Lipinski definition) is 0. The van der Waals surface area contributed by atoms with Crippen LogP contribution in [0.1, 0.15) is 0 Å². The van der Waals surface area contributed by atoms with E-state index in [0.29, 0.717) is 5.82 Å². The molecular formula is C46H28N2S. The first kappa shape index (κ1) is 27.9. The van der Waals surface area contributed by atoms with E-state index < -0.39 is 0 Å². The van der Waals surface area contributed by atoms with Gasteiger partial charge in [0.15, 0.2) is 5.82 Å². The van der Waals surface area contributed by atoms with Crippen molar-refractivity contribution in [2.75, 3.05) is 0 Å². The fourth-order valence-electron chi connectivity index (χ4n) is 7.28. The highest BCUT2D eigenvalue weighted by Crippen LogP contribution is 2.40. The number of fused-ring (bicyclic) bond motifs is 7. The molecule has 0 amide bonds. The standard InChI is InChI=1S/C46H28N2S/c1-2-11-30(12-3-1)41-28-42(34-23-25-44-40(27-34)37-16-8-9-17-43(37)49-44)48-46(47-41)32-20-18-31(19-21-32)45-36-15-7-5-13-33(36)26-39-35-14-6-4-10-29(35)22-24-38(39)45/h1-28H. The van der Waals surface area contributed by atoms with Crippen LogP contribution in [-0.4, -0.2) is 9.97 Å². The highest BCUT2D eigenvalue weighted by molar-refractivity contribution is 7.25. The molecule has 0 bridgehead atoms. The van der Waals surface area contributed by atoms with Crippen LogP contribution in [0, 0.1) is 0 Å². The van der Waals surface area contributed by atoms with E-state index >= 15 is 0 Å². The smallest absolute Gasteiger partial charge is 0.160 e. The second-order valence-corrected chi connectivity index (χ2v) is 13.7. The van der Waals surface area contributed by atoms with E-state index in [9.17, 15) is 0 Å². The summed E-state index contributed by atoms with van der Waals surface area (Å²) in [5.41, 5.74) is 7.39. The Balaban J connectivity index is 1.14. The molecule has 228 valence electrons. The molecule has 0 atom stereocenters. The van der Waals surface area contributed by atoms with Gasteiger partial charge in [-0.1, -0.05) is 140 Å². The Bertz CT molecular complexity index is 2870. The van der Waals surface area contributed by atoms with Crippen molar-refractivity contribution in [2.45, 2.75) is 0 Å². The first-order chi connectivity index (χ1) is 24.3. The highest BCUT2D eigenvalue weighted by atomic mass is 32.1. The lowest BCUT2D eigenvalue weighted by Gasteiger charge is -2.15. The zero-order valence-corrected chi connectivity index (χ0v) is 27.3. The molecule has 10 aromatic rings. The average Bonchev–Trinajstić information content (AvgIpc) is 3.55. The van der Waals surface area contributed by atoms with Gasteiger partial charge in [0.1, 0.15) is 0 Å². The molecule has 2 nitrogen and oxygen atoms in total. The van der Waals surface area contributed by atoms with Crippen LogP contribution in [0.25, 0.3) is 97.5 Å². The molecule has 49 heavy (non-hydrogen) atoms. The Hall–Kier alpha value is -6.16. The number of aromatic nitrogens is 2. The van der Waals surface area contributed by atoms with Crippen LogP contribution < -0.4 is 0 Å². The molecule has 0 saturated carbocycles. The molecule has 3 heteroatoms. The second kappa shape index (κ2) is 11.2. The van der Waals surface area contributed by atoms with Crippen LogP contribution >= 0.6 is 11.3 Å². The van der Waals surface area contributed by atoms with Gasteiger partial charge in [-0.2, -0.15) is 0 Å². The van der Waals surface area contributed by atoms with Crippen molar-refractivity contribution in [3.63, 3.8) is 0 Å². The average molecular weight is 641 g/mol.